The summed E-state index contributed by atoms with van der Waals surface area (Å²) >= 11 is 0. The van der Waals surface area contributed by atoms with E-state index in [4.69, 9.17) is 0 Å². The van der Waals surface area contributed by atoms with E-state index in [0.717, 1.165) is 0 Å². The minimum atomic E-state index is -0.498. The van der Waals surface area contributed by atoms with E-state index in [1.54, 1.807) is 6.92 Å². The molecule has 0 atom stereocenters. The molecule has 0 aliphatic rings. The van der Waals surface area contributed by atoms with E-state index in [-0.39, 0.29) is 5.69 Å². The van der Waals surface area contributed by atoms with E-state index in [9.17, 15) is 4.79 Å². The molecule has 1 aromatic heterocycles. The third-order valence-corrected chi connectivity index (χ3v) is 1.58. The molecule has 15 heavy (non-hydrogen) atoms. The molecule has 0 saturated heterocycles. The molecule has 0 amide bonds. The minimum absolute atomic E-state index is 0.185. The van der Waals surface area contributed by atoms with Gasteiger partial charge in [-0.25, -0.2) is 14.8 Å². The number of nitrogens with one attached hydrogen (secondary N) is 1. The number of carbonyl (C=O) groups excluding carboxylic acids is 1. The van der Waals surface area contributed by atoms with Crippen molar-refractivity contribution in [3.63, 3.8) is 0 Å². The van der Waals surface area contributed by atoms with Gasteiger partial charge in [0, 0.05) is 0 Å². The monoisotopic (exact) mass is 205 g/mol. The van der Waals surface area contributed by atoms with Crippen molar-refractivity contribution in [1.29, 1.82) is 0 Å². The van der Waals surface area contributed by atoms with E-state index in [1.165, 1.54) is 19.5 Å². The Morgan fingerprint density at radius 1 is 1.53 bits per heavy atom. The molecule has 1 rings (SSSR count). The lowest BCUT2D eigenvalue weighted by Gasteiger charge is -2.01. The Hall–Kier alpha value is -2.09. The second-order valence-electron chi connectivity index (χ2n) is 2.56. The Labute approximate surface area is 87.9 Å². The SMILES string of the molecule is CC#CCNc1cnc(C(=O)OC)cn1. The van der Waals surface area contributed by atoms with E-state index in [2.05, 4.69) is 31.9 Å². The van der Waals surface area contributed by atoms with Gasteiger partial charge in [0.1, 0.15) is 5.82 Å². The molecular formula is C10H11N3O2. The summed E-state index contributed by atoms with van der Waals surface area (Å²) < 4.78 is 4.49. The molecule has 0 aliphatic carbocycles. The average Bonchev–Trinajstić information content (AvgIpc) is 2.29. The van der Waals surface area contributed by atoms with Crippen LogP contribution in [0.2, 0.25) is 0 Å². The van der Waals surface area contributed by atoms with Crippen LogP contribution in [0.4, 0.5) is 5.82 Å². The molecular weight excluding hydrogens is 194 g/mol. The van der Waals surface area contributed by atoms with Crippen LogP contribution < -0.4 is 5.32 Å². The van der Waals surface area contributed by atoms with E-state index in [1.807, 2.05) is 0 Å². The number of anilines is 1. The third-order valence-electron chi connectivity index (χ3n) is 1.58. The predicted molar refractivity (Wildman–Crippen MR) is 55.3 cm³/mol. The zero-order valence-electron chi connectivity index (χ0n) is 8.57. The van der Waals surface area contributed by atoms with Crippen molar-refractivity contribution in [1.82, 2.24) is 9.97 Å². The molecule has 1 heterocycles. The number of carbonyl (C=O) groups is 1. The van der Waals surface area contributed by atoms with Crippen LogP contribution in [0.5, 0.6) is 0 Å². The Bertz CT molecular complexity index is 389. The Balaban J connectivity index is 2.62. The molecule has 5 nitrogen and oxygen atoms in total. The van der Waals surface area contributed by atoms with E-state index < -0.39 is 5.97 Å². The quantitative estimate of drug-likeness (QED) is 0.581. The van der Waals surface area contributed by atoms with Gasteiger partial charge in [-0.1, -0.05) is 5.92 Å². The Kier molecular flexibility index (Phi) is 4.10. The number of esters is 1. The molecule has 0 fully saturated rings. The molecule has 0 spiro atoms. The molecule has 78 valence electrons. The topological polar surface area (TPSA) is 64.1 Å². The van der Waals surface area contributed by atoms with Gasteiger partial charge in [-0.2, -0.15) is 0 Å². The fraction of sp³-hybridized carbons (Fsp3) is 0.300. The molecule has 5 heteroatoms. The van der Waals surface area contributed by atoms with Gasteiger partial charge in [0.25, 0.3) is 0 Å². The zero-order chi connectivity index (χ0) is 11.1. The number of hydrogen-bond donors (Lipinski definition) is 1. The van der Waals surface area contributed by atoms with Crippen LogP contribution >= 0.6 is 0 Å². The highest BCUT2D eigenvalue weighted by atomic mass is 16.5. The van der Waals surface area contributed by atoms with Crippen molar-refractivity contribution in [2.45, 2.75) is 6.92 Å². The molecule has 0 aliphatic heterocycles. The van der Waals surface area contributed by atoms with E-state index in [0.29, 0.717) is 12.4 Å². The van der Waals surface area contributed by atoms with Crippen LogP contribution in [0, 0.1) is 11.8 Å². The molecule has 0 aromatic carbocycles. The van der Waals surface area contributed by atoms with Gasteiger partial charge in [0.2, 0.25) is 0 Å². The first-order chi connectivity index (χ1) is 7.27. The predicted octanol–water partition coefficient (Wildman–Crippen LogP) is 0.698. The smallest absolute Gasteiger partial charge is 0.358 e. The van der Waals surface area contributed by atoms with Crippen molar-refractivity contribution in [3.05, 3.63) is 18.1 Å². The largest absolute Gasteiger partial charge is 0.464 e. The highest BCUT2D eigenvalue weighted by molar-refractivity contribution is 5.86. The summed E-state index contributed by atoms with van der Waals surface area (Å²) in [6.45, 7) is 2.26. The second-order valence-corrected chi connectivity index (χ2v) is 2.56. The van der Waals surface area contributed by atoms with Gasteiger partial charge in [-0.15, -0.1) is 5.92 Å². The maximum Gasteiger partial charge on any atom is 0.358 e. The Morgan fingerprint density at radius 2 is 2.33 bits per heavy atom. The first-order valence-corrected chi connectivity index (χ1v) is 4.31. The second kappa shape index (κ2) is 5.60. The van der Waals surface area contributed by atoms with Gasteiger partial charge in [0.15, 0.2) is 5.69 Å². The fourth-order valence-electron chi connectivity index (χ4n) is 0.852. The summed E-state index contributed by atoms with van der Waals surface area (Å²) in [5.74, 6) is 5.64. The molecule has 0 saturated carbocycles. The fourth-order valence-corrected chi connectivity index (χ4v) is 0.852. The zero-order valence-corrected chi connectivity index (χ0v) is 8.57. The van der Waals surface area contributed by atoms with Crippen LogP contribution in [0.1, 0.15) is 17.4 Å². The van der Waals surface area contributed by atoms with Crippen LogP contribution in [0.25, 0.3) is 0 Å². The van der Waals surface area contributed by atoms with Crippen molar-refractivity contribution >= 4 is 11.8 Å². The van der Waals surface area contributed by atoms with Crippen molar-refractivity contribution < 1.29 is 9.53 Å². The average molecular weight is 205 g/mol. The van der Waals surface area contributed by atoms with Crippen LogP contribution in [0.15, 0.2) is 12.4 Å². The lowest BCUT2D eigenvalue weighted by atomic mass is 10.4. The number of aromatic nitrogens is 2. The van der Waals surface area contributed by atoms with Gasteiger partial charge in [-0.3, -0.25) is 0 Å². The summed E-state index contributed by atoms with van der Waals surface area (Å²) in [5.41, 5.74) is 0.185. The van der Waals surface area contributed by atoms with Crippen molar-refractivity contribution in [3.8, 4) is 11.8 Å². The normalized spacial score (nSPS) is 8.67. The Morgan fingerprint density at radius 3 is 2.87 bits per heavy atom. The molecule has 0 radical (unpaired) electrons. The first-order valence-electron chi connectivity index (χ1n) is 4.31. The summed E-state index contributed by atoms with van der Waals surface area (Å²) in [6.07, 6.45) is 2.82. The summed E-state index contributed by atoms with van der Waals surface area (Å²) in [4.78, 5) is 18.9. The number of nitrogens with zero attached hydrogens (tertiary/aromatic N) is 2. The van der Waals surface area contributed by atoms with Gasteiger partial charge >= 0.3 is 5.97 Å². The van der Waals surface area contributed by atoms with E-state index >= 15 is 0 Å². The maximum absolute atomic E-state index is 11.0. The highest BCUT2D eigenvalue weighted by Crippen LogP contribution is 2.01. The number of rotatable bonds is 3. The van der Waals surface area contributed by atoms with Crippen molar-refractivity contribution in [2.24, 2.45) is 0 Å². The summed E-state index contributed by atoms with van der Waals surface area (Å²) in [7, 11) is 1.30. The van der Waals surface area contributed by atoms with Gasteiger partial charge in [0.05, 0.1) is 26.0 Å². The van der Waals surface area contributed by atoms with Crippen LogP contribution in [0.3, 0.4) is 0 Å². The molecule has 1 N–H and O–H groups in total. The third kappa shape index (κ3) is 3.27. The molecule has 1 aromatic rings. The highest BCUT2D eigenvalue weighted by Gasteiger charge is 2.06. The number of methoxy groups -OCH3 is 1. The van der Waals surface area contributed by atoms with Crippen LogP contribution in [-0.4, -0.2) is 29.6 Å². The van der Waals surface area contributed by atoms with Gasteiger partial charge in [-0.05, 0) is 6.92 Å². The van der Waals surface area contributed by atoms with Crippen LogP contribution in [-0.2, 0) is 4.74 Å². The lowest BCUT2D eigenvalue weighted by Crippen LogP contribution is -2.07. The van der Waals surface area contributed by atoms with Crippen molar-refractivity contribution in [2.75, 3.05) is 19.0 Å². The molecule has 0 unspecified atom stereocenters. The molecule has 0 bridgehead atoms. The standard InChI is InChI=1S/C10H11N3O2/c1-3-4-5-11-9-7-12-8(6-13-9)10(14)15-2/h6-7H,5H2,1-2H3,(H,11,13). The lowest BCUT2D eigenvalue weighted by molar-refractivity contribution is 0.0593. The number of ether oxygens (including phenoxy) is 1. The minimum Gasteiger partial charge on any atom is -0.464 e. The first kappa shape index (κ1) is 11.0. The number of hydrogen-bond acceptors (Lipinski definition) is 5. The van der Waals surface area contributed by atoms with Gasteiger partial charge < -0.3 is 10.1 Å². The summed E-state index contributed by atoms with van der Waals surface area (Å²) in [6, 6.07) is 0. The maximum atomic E-state index is 11.0. The summed E-state index contributed by atoms with van der Waals surface area (Å²) in [5, 5.41) is 2.93.